The molecule has 0 saturated carbocycles. The summed E-state index contributed by atoms with van der Waals surface area (Å²) in [5.74, 6) is -14.5. The first-order valence-corrected chi connectivity index (χ1v) is 11.0. The molecule has 3 aromatic carbocycles. The summed E-state index contributed by atoms with van der Waals surface area (Å²) in [6, 6.07) is 8.17. The van der Waals surface area contributed by atoms with E-state index in [-0.39, 0.29) is 12.4 Å². The molecule has 0 heterocycles. The fraction of sp³-hybridized carbons (Fsp3) is 0.308. The largest absolute Gasteiger partial charge is 0.491 e. The van der Waals surface area contributed by atoms with Crippen molar-refractivity contribution in [2.24, 2.45) is 0 Å². The van der Waals surface area contributed by atoms with Gasteiger partial charge >= 0.3 is 11.8 Å². The van der Waals surface area contributed by atoms with Gasteiger partial charge in [0, 0.05) is 11.6 Å². The molecule has 0 bridgehead atoms. The molecule has 0 unspecified atom stereocenters. The second-order valence-corrected chi connectivity index (χ2v) is 8.14. The molecule has 9 heteroatoms. The molecule has 0 aromatic heterocycles. The molecule has 0 fully saturated rings. The fourth-order valence-corrected chi connectivity index (χ4v) is 4.18. The SMILES string of the molecule is CCCc1ccc(OCc2ccc3c(c2F)C(F)(F)C(F)(F)c2c-3ccc(OCC)c2F)cc1F. The molecular formula is C26H21F7O2. The summed E-state index contributed by atoms with van der Waals surface area (Å²) in [5.41, 5.74) is -4.20. The standard InChI is InChI=1S/C26H21F7O2/c1-3-5-14-6-8-16(12-19(14)27)35-13-15-7-9-17-18-10-11-20(34-4-2)24(29)22(18)26(32,33)25(30,31)21(17)23(15)28/h6-12H,3-5,13H2,1-2H3. The van der Waals surface area contributed by atoms with Crippen LogP contribution in [-0.4, -0.2) is 6.61 Å². The minimum absolute atomic E-state index is 0.0208. The lowest BCUT2D eigenvalue weighted by atomic mass is 9.79. The Morgan fingerprint density at radius 1 is 0.714 bits per heavy atom. The van der Waals surface area contributed by atoms with Gasteiger partial charge in [-0.15, -0.1) is 0 Å². The second kappa shape index (κ2) is 9.09. The van der Waals surface area contributed by atoms with E-state index in [1.54, 1.807) is 0 Å². The van der Waals surface area contributed by atoms with E-state index < -0.39 is 69.5 Å². The first kappa shape index (κ1) is 24.9. The maximum Gasteiger partial charge on any atom is 0.343 e. The summed E-state index contributed by atoms with van der Waals surface area (Å²) in [6.07, 6.45) is 1.22. The Morgan fingerprint density at radius 2 is 1.31 bits per heavy atom. The summed E-state index contributed by atoms with van der Waals surface area (Å²) < 4.78 is 114. The Labute approximate surface area is 197 Å². The van der Waals surface area contributed by atoms with Gasteiger partial charge in [0.1, 0.15) is 24.0 Å². The maximum absolute atomic E-state index is 15.2. The van der Waals surface area contributed by atoms with Crippen LogP contribution in [0, 0.1) is 17.5 Å². The Morgan fingerprint density at radius 3 is 1.91 bits per heavy atom. The lowest BCUT2D eigenvalue weighted by molar-refractivity contribution is -0.228. The van der Waals surface area contributed by atoms with E-state index in [1.807, 2.05) is 6.92 Å². The van der Waals surface area contributed by atoms with Crippen LogP contribution >= 0.6 is 0 Å². The van der Waals surface area contributed by atoms with E-state index in [0.717, 1.165) is 36.8 Å². The number of halogens is 7. The highest BCUT2D eigenvalue weighted by molar-refractivity contribution is 5.77. The zero-order chi connectivity index (χ0) is 25.5. The van der Waals surface area contributed by atoms with Gasteiger partial charge in [0.05, 0.1) is 17.7 Å². The minimum Gasteiger partial charge on any atom is -0.491 e. The third kappa shape index (κ3) is 4.00. The number of rotatable bonds is 7. The molecule has 0 spiro atoms. The van der Waals surface area contributed by atoms with Gasteiger partial charge in [0.2, 0.25) is 0 Å². The van der Waals surface area contributed by atoms with Gasteiger partial charge in [-0.1, -0.05) is 31.5 Å². The first-order chi connectivity index (χ1) is 16.5. The van der Waals surface area contributed by atoms with Crippen molar-refractivity contribution < 1.29 is 40.2 Å². The fourth-order valence-electron chi connectivity index (χ4n) is 4.18. The predicted molar refractivity (Wildman–Crippen MR) is 115 cm³/mol. The lowest BCUT2D eigenvalue weighted by Gasteiger charge is -2.35. The van der Waals surface area contributed by atoms with Crippen LogP contribution in [0.3, 0.4) is 0 Å². The Bertz CT molecular complexity index is 1270. The number of fused-ring (bicyclic) bond motifs is 3. The Hall–Kier alpha value is -3.23. The highest BCUT2D eigenvalue weighted by Gasteiger charge is 2.65. The van der Waals surface area contributed by atoms with Crippen molar-refractivity contribution in [1.29, 1.82) is 0 Å². The Balaban J connectivity index is 1.75. The lowest BCUT2D eigenvalue weighted by Crippen LogP contribution is -2.41. The molecule has 0 N–H and O–H groups in total. The molecule has 0 aliphatic heterocycles. The van der Waals surface area contributed by atoms with Crippen LogP contribution in [0.15, 0.2) is 42.5 Å². The van der Waals surface area contributed by atoms with Crippen LogP contribution in [0.4, 0.5) is 30.7 Å². The van der Waals surface area contributed by atoms with Crippen LogP contribution in [0.1, 0.15) is 42.5 Å². The molecule has 35 heavy (non-hydrogen) atoms. The van der Waals surface area contributed by atoms with E-state index in [1.165, 1.54) is 19.1 Å². The molecule has 3 aromatic rings. The highest BCUT2D eigenvalue weighted by atomic mass is 19.3. The van der Waals surface area contributed by atoms with E-state index in [9.17, 15) is 17.6 Å². The summed E-state index contributed by atoms with van der Waals surface area (Å²) in [6.45, 7) is 2.68. The van der Waals surface area contributed by atoms with Crippen LogP contribution in [-0.2, 0) is 24.9 Å². The average Bonchev–Trinajstić information content (AvgIpc) is 2.80. The Kier molecular flexibility index (Phi) is 6.46. The molecule has 0 amide bonds. The van der Waals surface area contributed by atoms with Gasteiger partial charge in [-0.3, -0.25) is 0 Å². The number of hydrogen-bond acceptors (Lipinski definition) is 2. The predicted octanol–water partition coefficient (Wildman–Crippen LogP) is 7.90. The van der Waals surface area contributed by atoms with Crippen LogP contribution in [0.5, 0.6) is 11.5 Å². The molecule has 1 aliphatic rings. The van der Waals surface area contributed by atoms with Crippen molar-refractivity contribution in [3.05, 3.63) is 82.2 Å². The van der Waals surface area contributed by atoms with Crippen LogP contribution in [0.25, 0.3) is 11.1 Å². The van der Waals surface area contributed by atoms with Crippen LogP contribution in [0.2, 0.25) is 0 Å². The zero-order valence-corrected chi connectivity index (χ0v) is 18.8. The molecule has 0 radical (unpaired) electrons. The molecule has 1 aliphatic carbocycles. The molecule has 4 rings (SSSR count). The van der Waals surface area contributed by atoms with Crippen molar-refractivity contribution in [2.45, 2.75) is 45.1 Å². The van der Waals surface area contributed by atoms with Gasteiger partial charge in [0.15, 0.2) is 11.6 Å². The second-order valence-electron chi connectivity index (χ2n) is 8.14. The highest BCUT2D eigenvalue weighted by Crippen LogP contribution is 2.60. The zero-order valence-electron chi connectivity index (χ0n) is 18.8. The number of aryl methyl sites for hydroxylation is 1. The topological polar surface area (TPSA) is 18.5 Å². The van der Waals surface area contributed by atoms with Crippen molar-refractivity contribution in [3.8, 4) is 22.6 Å². The summed E-state index contributed by atoms with van der Waals surface area (Å²) >= 11 is 0. The van der Waals surface area contributed by atoms with Crippen molar-refractivity contribution >= 4 is 0 Å². The number of ether oxygens (including phenoxy) is 2. The van der Waals surface area contributed by atoms with Gasteiger partial charge < -0.3 is 9.47 Å². The normalized spacial score (nSPS) is 15.3. The summed E-state index contributed by atoms with van der Waals surface area (Å²) in [4.78, 5) is 0. The third-order valence-corrected chi connectivity index (χ3v) is 5.88. The first-order valence-electron chi connectivity index (χ1n) is 11.0. The number of benzene rings is 3. The molecule has 0 atom stereocenters. The van der Waals surface area contributed by atoms with E-state index >= 15 is 13.2 Å². The van der Waals surface area contributed by atoms with Crippen molar-refractivity contribution in [3.63, 3.8) is 0 Å². The average molecular weight is 498 g/mol. The third-order valence-electron chi connectivity index (χ3n) is 5.88. The minimum atomic E-state index is -5.06. The van der Waals surface area contributed by atoms with E-state index in [0.29, 0.717) is 12.0 Å². The number of alkyl halides is 4. The van der Waals surface area contributed by atoms with Crippen molar-refractivity contribution in [1.82, 2.24) is 0 Å². The van der Waals surface area contributed by atoms with Crippen LogP contribution < -0.4 is 9.47 Å². The molecule has 186 valence electrons. The molecule has 2 nitrogen and oxygen atoms in total. The van der Waals surface area contributed by atoms with Gasteiger partial charge in [-0.25, -0.2) is 13.2 Å². The molecular weight excluding hydrogens is 477 g/mol. The quantitative estimate of drug-likeness (QED) is 0.308. The number of hydrogen-bond donors (Lipinski definition) is 0. The monoisotopic (exact) mass is 498 g/mol. The summed E-state index contributed by atoms with van der Waals surface area (Å²) in [5, 5.41) is 0. The maximum atomic E-state index is 15.2. The van der Waals surface area contributed by atoms with E-state index in [4.69, 9.17) is 9.47 Å². The van der Waals surface area contributed by atoms with Crippen molar-refractivity contribution in [2.75, 3.05) is 6.61 Å². The molecule has 0 saturated heterocycles. The van der Waals surface area contributed by atoms with Gasteiger partial charge in [0.25, 0.3) is 0 Å². The summed E-state index contributed by atoms with van der Waals surface area (Å²) in [7, 11) is 0. The van der Waals surface area contributed by atoms with E-state index in [2.05, 4.69) is 0 Å². The smallest absolute Gasteiger partial charge is 0.343 e. The van der Waals surface area contributed by atoms with Gasteiger partial charge in [-0.05, 0) is 48.2 Å². The van der Waals surface area contributed by atoms with Gasteiger partial charge in [-0.2, -0.15) is 17.6 Å².